The zero-order valence-corrected chi connectivity index (χ0v) is 27.0. The quantitative estimate of drug-likeness (QED) is 0.199. The van der Waals surface area contributed by atoms with E-state index in [4.69, 9.17) is 28.4 Å². The molecule has 1 amide bonds. The molecule has 0 bridgehead atoms. The van der Waals surface area contributed by atoms with Crippen LogP contribution in [-0.2, 0) is 30.2 Å². The summed E-state index contributed by atoms with van der Waals surface area (Å²) >= 11 is 0. The Kier molecular flexibility index (Phi) is 12.9. The minimum absolute atomic E-state index is 0.0626. The maximum atomic E-state index is 13.7. The minimum atomic E-state index is -1.00. The largest absolute Gasteiger partial charge is 0.493 e. The highest BCUT2D eigenvalue weighted by Gasteiger charge is 2.36. The summed E-state index contributed by atoms with van der Waals surface area (Å²) in [5, 5.41) is 2.74. The fourth-order valence-corrected chi connectivity index (χ4v) is 5.27. The van der Waals surface area contributed by atoms with Crippen molar-refractivity contribution in [1.82, 2.24) is 10.3 Å². The Hall–Kier alpha value is -4.71. The zero-order chi connectivity index (χ0) is 33.8. The average Bonchev–Trinajstić information content (AvgIpc) is 3.11. The maximum absolute atomic E-state index is 13.7. The van der Waals surface area contributed by atoms with E-state index in [1.165, 1.54) is 31.5 Å². The third-order valence-electron chi connectivity index (χ3n) is 7.80. The molecule has 0 unspecified atom stereocenters. The minimum Gasteiger partial charge on any atom is -0.493 e. The van der Waals surface area contributed by atoms with Crippen LogP contribution in [0.15, 0.2) is 60.8 Å². The van der Waals surface area contributed by atoms with Gasteiger partial charge in [-0.05, 0) is 76.3 Å². The summed E-state index contributed by atoms with van der Waals surface area (Å²) in [6.07, 6.45) is 2.24. The van der Waals surface area contributed by atoms with Crippen molar-refractivity contribution >= 4 is 17.8 Å². The van der Waals surface area contributed by atoms with E-state index >= 15 is 0 Å². The van der Waals surface area contributed by atoms with Crippen LogP contribution in [0.1, 0.15) is 54.7 Å². The molecule has 0 spiro atoms. The van der Waals surface area contributed by atoms with E-state index < -0.39 is 36.8 Å². The molecule has 1 N–H and O–H groups in total. The number of amides is 1. The molecule has 0 saturated carbocycles. The zero-order valence-electron chi connectivity index (χ0n) is 27.0. The fourth-order valence-electron chi connectivity index (χ4n) is 5.27. The number of carbonyl (C=O) groups excluding carboxylic acids is 3. The SMILES string of the molecule is CCOCC(=O)OCOc1c(OC)ccnc1C(=O)N[C@H]1CCC[C@H](Oc2ccc(C)cc2)[C@@H](Cc2ccc(F)cc2)[C@H](C)OC1=O. The van der Waals surface area contributed by atoms with E-state index in [1.807, 2.05) is 31.2 Å². The van der Waals surface area contributed by atoms with Crippen LogP contribution >= 0.6 is 0 Å². The summed E-state index contributed by atoms with van der Waals surface area (Å²) in [6, 6.07) is 14.4. The number of methoxy groups -OCH3 is 1. The highest BCUT2D eigenvalue weighted by molar-refractivity contribution is 5.98. The Morgan fingerprint density at radius 3 is 2.51 bits per heavy atom. The molecule has 12 heteroatoms. The van der Waals surface area contributed by atoms with E-state index in [1.54, 1.807) is 26.0 Å². The summed E-state index contributed by atoms with van der Waals surface area (Å²) in [5.41, 5.74) is 1.80. The van der Waals surface area contributed by atoms with Crippen LogP contribution in [0.4, 0.5) is 4.39 Å². The molecule has 252 valence electrons. The first-order valence-electron chi connectivity index (χ1n) is 15.6. The Balaban J connectivity index is 1.51. The van der Waals surface area contributed by atoms with Crippen molar-refractivity contribution in [2.75, 3.05) is 27.1 Å². The van der Waals surface area contributed by atoms with Gasteiger partial charge in [-0.1, -0.05) is 29.8 Å². The van der Waals surface area contributed by atoms with E-state index in [-0.39, 0.29) is 48.1 Å². The Labute approximate surface area is 273 Å². The molecule has 1 aliphatic rings. The van der Waals surface area contributed by atoms with Gasteiger partial charge in [0.2, 0.25) is 6.79 Å². The average molecular weight is 653 g/mol. The lowest BCUT2D eigenvalue weighted by atomic mass is 9.87. The van der Waals surface area contributed by atoms with E-state index in [9.17, 15) is 18.8 Å². The van der Waals surface area contributed by atoms with Gasteiger partial charge in [0, 0.05) is 24.8 Å². The van der Waals surface area contributed by atoms with Crippen molar-refractivity contribution in [3.05, 3.63) is 83.4 Å². The Bertz CT molecular complexity index is 1480. The number of benzene rings is 2. The lowest BCUT2D eigenvalue weighted by Gasteiger charge is -2.31. The van der Waals surface area contributed by atoms with Crippen molar-refractivity contribution in [2.45, 2.75) is 64.7 Å². The Morgan fingerprint density at radius 2 is 1.81 bits per heavy atom. The van der Waals surface area contributed by atoms with Crippen LogP contribution in [0, 0.1) is 18.7 Å². The van der Waals surface area contributed by atoms with Crippen LogP contribution in [0.3, 0.4) is 0 Å². The first-order valence-corrected chi connectivity index (χ1v) is 15.6. The predicted molar refractivity (Wildman–Crippen MR) is 169 cm³/mol. The number of nitrogens with one attached hydrogen (secondary N) is 1. The topological polar surface area (TPSA) is 132 Å². The highest BCUT2D eigenvalue weighted by atomic mass is 19.1. The molecule has 1 aliphatic heterocycles. The predicted octanol–water partition coefficient (Wildman–Crippen LogP) is 4.97. The number of aryl methyl sites for hydroxylation is 1. The van der Waals surface area contributed by atoms with Crippen molar-refractivity contribution in [3.63, 3.8) is 0 Å². The van der Waals surface area contributed by atoms with Gasteiger partial charge >= 0.3 is 11.9 Å². The maximum Gasteiger partial charge on any atom is 0.334 e. The molecule has 2 heterocycles. The summed E-state index contributed by atoms with van der Waals surface area (Å²) in [5.74, 6) is -1.77. The van der Waals surface area contributed by atoms with Gasteiger partial charge in [-0.2, -0.15) is 0 Å². The number of cyclic esters (lactones) is 1. The molecule has 1 fully saturated rings. The molecule has 4 atom stereocenters. The van der Waals surface area contributed by atoms with Gasteiger partial charge in [-0.15, -0.1) is 0 Å². The number of carbonyl (C=O) groups is 3. The van der Waals surface area contributed by atoms with Crippen molar-refractivity contribution < 1.29 is 47.2 Å². The molecule has 0 radical (unpaired) electrons. The number of ether oxygens (including phenoxy) is 6. The standard InChI is InChI=1S/C35H41FN2O9/c1-5-43-20-31(39)44-21-45-33-30(42-4)17-18-37-32(33)34(40)38-28-7-6-8-29(47-26-15-9-22(2)10-16-26)27(23(3)46-35(28)41)19-24-11-13-25(36)14-12-24/h9-18,23,27-29H,5-8,19-21H2,1-4H3,(H,38,40)/t23-,27-,28-,29-/m0/s1. The number of aromatic nitrogens is 1. The van der Waals surface area contributed by atoms with Gasteiger partial charge in [-0.3, -0.25) is 4.79 Å². The lowest BCUT2D eigenvalue weighted by Crippen LogP contribution is -2.44. The van der Waals surface area contributed by atoms with Crippen molar-refractivity contribution in [3.8, 4) is 17.2 Å². The van der Waals surface area contributed by atoms with Gasteiger partial charge in [0.1, 0.15) is 36.4 Å². The molecule has 1 saturated heterocycles. The first kappa shape index (κ1) is 35.1. The van der Waals surface area contributed by atoms with Gasteiger partial charge in [0.15, 0.2) is 17.2 Å². The molecule has 3 aromatic rings. The van der Waals surface area contributed by atoms with Crippen LogP contribution < -0.4 is 19.5 Å². The number of hydrogen-bond donors (Lipinski definition) is 1. The second-order valence-electron chi connectivity index (χ2n) is 11.2. The number of rotatable bonds is 13. The molecular weight excluding hydrogens is 611 g/mol. The smallest absolute Gasteiger partial charge is 0.334 e. The summed E-state index contributed by atoms with van der Waals surface area (Å²) in [6.45, 7) is 5.11. The molecule has 4 rings (SSSR count). The van der Waals surface area contributed by atoms with E-state index in [0.29, 0.717) is 31.6 Å². The van der Waals surface area contributed by atoms with Crippen LogP contribution in [-0.4, -0.2) is 68.2 Å². The normalized spacial score (nSPS) is 19.7. The molecule has 0 aliphatic carbocycles. The summed E-state index contributed by atoms with van der Waals surface area (Å²) in [7, 11) is 1.39. The molecule has 47 heavy (non-hydrogen) atoms. The van der Waals surface area contributed by atoms with Gasteiger partial charge in [-0.25, -0.2) is 19.0 Å². The number of nitrogens with zero attached hydrogens (tertiary/aromatic N) is 1. The van der Waals surface area contributed by atoms with Crippen LogP contribution in [0.2, 0.25) is 0 Å². The number of halogens is 1. The second kappa shape index (κ2) is 17.3. The van der Waals surface area contributed by atoms with Crippen LogP contribution in [0.25, 0.3) is 0 Å². The third kappa shape index (κ3) is 10.1. The molecule has 2 aromatic carbocycles. The number of pyridine rings is 1. The number of hydrogen-bond acceptors (Lipinski definition) is 10. The van der Waals surface area contributed by atoms with Crippen LogP contribution in [0.5, 0.6) is 17.2 Å². The van der Waals surface area contributed by atoms with Gasteiger partial charge in [0.25, 0.3) is 5.91 Å². The van der Waals surface area contributed by atoms with Crippen molar-refractivity contribution in [1.29, 1.82) is 0 Å². The summed E-state index contributed by atoms with van der Waals surface area (Å²) < 4.78 is 47.1. The van der Waals surface area contributed by atoms with Crippen molar-refractivity contribution in [2.24, 2.45) is 5.92 Å². The van der Waals surface area contributed by atoms with E-state index in [0.717, 1.165) is 11.1 Å². The van der Waals surface area contributed by atoms with Gasteiger partial charge < -0.3 is 33.7 Å². The van der Waals surface area contributed by atoms with Gasteiger partial charge in [0.05, 0.1) is 7.11 Å². The first-order chi connectivity index (χ1) is 22.7. The number of esters is 2. The second-order valence-corrected chi connectivity index (χ2v) is 11.2. The highest BCUT2D eigenvalue weighted by Crippen LogP contribution is 2.31. The monoisotopic (exact) mass is 652 g/mol. The molecule has 11 nitrogen and oxygen atoms in total. The molecule has 1 aromatic heterocycles. The lowest BCUT2D eigenvalue weighted by molar-refractivity contribution is -0.156. The summed E-state index contributed by atoms with van der Waals surface area (Å²) in [4.78, 5) is 43.0. The van der Waals surface area contributed by atoms with E-state index in [2.05, 4.69) is 10.3 Å². The Morgan fingerprint density at radius 1 is 1.06 bits per heavy atom. The fraction of sp³-hybridized carbons (Fsp3) is 0.429. The third-order valence-corrected chi connectivity index (χ3v) is 7.80. The molecular formula is C35H41FN2O9.